The molecule has 4 nitrogen and oxygen atoms in total. The van der Waals surface area contributed by atoms with Crippen molar-refractivity contribution in [3.63, 3.8) is 0 Å². The first-order valence-electron chi connectivity index (χ1n) is 7.21. The van der Waals surface area contributed by atoms with Gasteiger partial charge in [0.1, 0.15) is 23.1 Å². The van der Waals surface area contributed by atoms with Crippen molar-refractivity contribution in [2.24, 2.45) is 0 Å². The smallest absolute Gasteiger partial charge is 0.430 e. The molecule has 0 saturated heterocycles. The van der Waals surface area contributed by atoms with Crippen LogP contribution in [-0.4, -0.2) is 23.4 Å². The van der Waals surface area contributed by atoms with E-state index < -0.39 is 29.6 Å². The number of carboxylic acid groups (broad SMARTS) is 1. The molecule has 0 saturated carbocycles. The van der Waals surface area contributed by atoms with Gasteiger partial charge in [-0.25, -0.2) is 9.18 Å². The van der Waals surface area contributed by atoms with Crippen molar-refractivity contribution in [3.05, 3.63) is 57.3 Å². The molecule has 0 unspecified atom stereocenters. The Hall–Kier alpha value is -2.45. The van der Waals surface area contributed by atoms with Gasteiger partial charge in [-0.05, 0) is 24.3 Å². The monoisotopic (exact) mass is 422 g/mol. The fourth-order valence-corrected chi connectivity index (χ4v) is 2.69. The van der Waals surface area contributed by atoms with E-state index in [-0.39, 0.29) is 32.9 Å². The highest BCUT2D eigenvalue weighted by Crippen LogP contribution is 2.42. The molecule has 1 aliphatic rings. The van der Waals surface area contributed by atoms with Crippen LogP contribution in [0.4, 0.5) is 17.6 Å². The number of hydrogen-bond acceptors (Lipinski definition) is 3. The summed E-state index contributed by atoms with van der Waals surface area (Å²) in [7, 11) is 0. The molecule has 2 aromatic rings. The molecule has 1 atom stereocenters. The number of aliphatic carboxylic acids is 1. The second kappa shape index (κ2) is 6.94. The van der Waals surface area contributed by atoms with E-state index in [1.807, 2.05) is 0 Å². The molecule has 142 valence electrons. The van der Waals surface area contributed by atoms with Crippen LogP contribution in [0, 0.1) is 5.82 Å². The molecule has 0 radical (unpaired) electrons. The summed E-state index contributed by atoms with van der Waals surface area (Å²) in [6, 6.07) is 5.80. The van der Waals surface area contributed by atoms with Crippen LogP contribution in [-0.2, 0) is 4.79 Å². The maximum absolute atomic E-state index is 13.5. The highest BCUT2D eigenvalue weighted by Gasteiger charge is 2.48. The lowest BCUT2D eigenvalue weighted by atomic mass is 10.0. The Kier molecular flexibility index (Phi) is 4.96. The number of carboxylic acids is 1. The summed E-state index contributed by atoms with van der Waals surface area (Å²) in [5, 5.41) is 8.83. The van der Waals surface area contributed by atoms with Gasteiger partial charge >= 0.3 is 12.1 Å². The second-order valence-electron chi connectivity index (χ2n) is 5.44. The Morgan fingerprint density at radius 2 is 1.85 bits per heavy atom. The van der Waals surface area contributed by atoms with Gasteiger partial charge in [-0.3, -0.25) is 0 Å². The van der Waals surface area contributed by atoms with E-state index in [2.05, 4.69) is 0 Å². The molecular weight excluding hydrogens is 415 g/mol. The van der Waals surface area contributed by atoms with Gasteiger partial charge in [-0.1, -0.05) is 23.2 Å². The molecular formula is C17H8Cl2F4O4. The van der Waals surface area contributed by atoms with Crippen LogP contribution < -0.4 is 9.47 Å². The van der Waals surface area contributed by atoms with Gasteiger partial charge in [-0.15, -0.1) is 0 Å². The molecule has 0 fully saturated rings. The topological polar surface area (TPSA) is 55.8 Å². The zero-order valence-corrected chi connectivity index (χ0v) is 14.5. The molecule has 0 spiro atoms. The first-order chi connectivity index (χ1) is 12.6. The number of carbonyl (C=O) groups is 1. The van der Waals surface area contributed by atoms with E-state index in [1.165, 1.54) is 18.2 Å². The Balaban J connectivity index is 2.01. The van der Waals surface area contributed by atoms with Gasteiger partial charge < -0.3 is 14.6 Å². The molecule has 10 heteroatoms. The predicted molar refractivity (Wildman–Crippen MR) is 89.0 cm³/mol. The van der Waals surface area contributed by atoms with E-state index >= 15 is 0 Å². The quantitative estimate of drug-likeness (QED) is 0.643. The molecule has 0 aromatic heterocycles. The van der Waals surface area contributed by atoms with Gasteiger partial charge in [0, 0.05) is 17.7 Å². The van der Waals surface area contributed by atoms with Crippen LogP contribution in [0.3, 0.4) is 0 Å². The molecule has 0 aliphatic carbocycles. The second-order valence-corrected chi connectivity index (χ2v) is 6.26. The van der Waals surface area contributed by atoms with Crippen molar-refractivity contribution in [1.82, 2.24) is 0 Å². The van der Waals surface area contributed by atoms with Crippen molar-refractivity contribution in [2.45, 2.75) is 12.3 Å². The lowest BCUT2D eigenvalue weighted by Gasteiger charge is -2.27. The van der Waals surface area contributed by atoms with E-state index in [1.54, 1.807) is 0 Å². The Morgan fingerprint density at radius 3 is 2.44 bits per heavy atom. The van der Waals surface area contributed by atoms with Crippen LogP contribution in [0.2, 0.25) is 10.0 Å². The summed E-state index contributed by atoms with van der Waals surface area (Å²) >= 11 is 11.6. The molecule has 3 rings (SSSR count). The summed E-state index contributed by atoms with van der Waals surface area (Å²) in [5.41, 5.74) is -0.938. The third kappa shape index (κ3) is 3.96. The number of hydrogen-bond donors (Lipinski definition) is 1. The first kappa shape index (κ1) is 19.3. The van der Waals surface area contributed by atoms with Gasteiger partial charge in [0.05, 0.1) is 15.6 Å². The number of fused-ring (bicyclic) bond motifs is 1. The maximum Gasteiger partial charge on any atom is 0.430 e. The Morgan fingerprint density at radius 1 is 1.15 bits per heavy atom. The predicted octanol–water partition coefficient (Wildman–Crippen LogP) is 5.72. The summed E-state index contributed by atoms with van der Waals surface area (Å²) in [6.07, 6.45) is -6.76. The standard InChI is InChI=1S/C17H8Cl2F4O4/c18-10-2-1-8(5-12(10)20)26-14-6-13-7(4-11(14)19)3-9(16(24)25)15(27-13)17(21,22)23/h1-6,15H,(H,24,25)/t15-/m0/s1. The third-order valence-electron chi connectivity index (χ3n) is 3.57. The average molecular weight is 423 g/mol. The summed E-state index contributed by atoms with van der Waals surface area (Å²) < 4.78 is 63.1. The van der Waals surface area contributed by atoms with Crippen LogP contribution >= 0.6 is 23.2 Å². The van der Waals surface area contributed by atoms with Gasteiger partial charge in [0.25, 0.3) is 0 Å². The number of benzene rings is 2. The SMILES string of the molecule is O=C(O)C1=Cc2cc(Cl)c(Oc3ccc(Cl)c(F)c3)cc2O[C@@H]1C(F)(F)F. The molecule has 1 aliphatic heterocycles. The van der Waals surface area contributed by atoms with E-state index in [0.717, 1.165) is 18.2 Å². The van der Waals surface area contributed by atoms with Crippen molar-refractivity contribution in [1.29, 1.82) is 0 Å². The minimum Gasteiger partial charge on any atom is -0.478 e. The Labute approximate surface area is 159 Å². The van der Waals surface area contributed by atoms with Gasteiger partial charge in [0.2, 0.25) is 6.10 Å². The van der Waals surface area contributed by atoms with Crippen molar-refractivity contribution in [2.75, 3.05) is 0 Å². The lowest BCUT2D eigenvalue weighted by Crippen LogP contribution is -2.40. The van der Waals surface area contributed by atoms with E-state index in [9.17, 15) is 22.4 Å². The summed E-state index contributed by atoms with van der Waals surface area (Å²) in [5.74, 6) is -2.91. The minimum absolute atomic E-state index is 0.00342. The zero-order valence-electron chi connectivity index (χ0n) is 13.0. The van der Waals surface area contributed by atoms with Gasteiger partial charge in [-0.2, -0.15) is 13.2 Å². The van der Waals surface area contributed by atoms with Crippen molar-refractivity contribution >= 4 is 35.2 Å². The Bertz CT molecular complexity index is 957. The van der Waals surface area contributed by atoms with Crippen molar-refractivity contribution < 1.29 is 36.9 Å². The normalized spacial score (nSPS) is 16.2. The summed E-state index contributed by atoms with van der Waals surface area (Å²) in [6.45, 7) is 0. The molecule has 27 heavy (non-hydrogen) atoms. The van der Waals surface area contributed by atoms with Crippen LogP contribution in [0.15, 0.2) is 35.9 Å². The number of alkyl halides is 3. The van der Waals surface area contributed by atoms with Gasteiger partial charge in [0.15, 0.2) is 0 Å². The summed E-state index contributed by atoms with van der Waals surface area (Å²) in [4.78, 5) is 11.1. The molecule has 0 bridgehead atoms. The molecule has 2 aromatic carbocycles. The van der Waals surface area contributed by atoms with Crippen LogP contribution in [0.5, 0.6) is 17.2 Å². The fraction of sp³-hybridized carbons (Fsp3) is 0.118. The highest BCUT2D eigenvalue weighted by molar-refractivity contribution is 6.32. The lowest BCUT2D eigenvalue weighted by molar-refractivity contribution is -0.187. The molecule has 1 heterocycles. The zero-order chi connectivity index (χ0) is 19.9. The van der Waals surface area contributed by atoms with Crippen LogP contribution in [0.1, 0.15) is 5.56 Å². The van der Waals surface area contributed by atoms with Crippen LogP contribution in [0.25, 0.3) is 6.08 Å². The maximum atomic E-state index is 13.5. The average Bonchev–Trinajstić information content (AvgIpc) is 2.57. The van der Waals surface area contributed by atoms with Crippen molar-refractivity contribution in [3.8, 4) is 17.2 Å². The molecule has 1 N–H and O–H groups in total. The fourth-order valence-electron chi connectivity index (χ4n) is 2.36. The minimum atomic E-state index is -4.94. The third-order valence-corrected chi connectivity index (χ3v) is 4.17. The molecule has 0 amide bonds. The first-order valence-corrected chi connectivity index (χ1v) is 7.96. The van der Waals surface area contributed by atoms with E-state index in [4.69, 9.17) is 37.8 Å². The number of halogens is 6. The van der Waals surface area contributed by atoms with E-state index in [0.29, 0.717) is 0 Å². The highest BCUT2D eigenvalue weighted by atomic mass is 35.5. The number of rotatable bonds is 3. The number of ether oxygens (including phenoxy) is 2. The largest absolute Gasteiger partial charge is 0.478 e.